The lowest BCUT2D eigenvalue weighted by atomic mass is 9.72. The molecule has 152 valence electrons. The number of nitrogens with zero attached hydrogens (tertiary/aromatic N) is 3. The number of H-pyrrole nitrogens is 1. The second-order valence-corrected chi connectivity index (χ2v) is 7.62. The van der Waals surface area contributed by atoms with Crippen LogP contribution < -0.4 is 10.6 Å². The number of nitrogens with one attached hydrogen (secondary N) is 3. The summed E-state index contributed by atoms with van der Waals surface area (Å²) in [6.07, 6.45) is 8.55. The van der Waals surface area contributed by atoms with E-state index in [9.17, 15) is 5.11 Å². The molecule has 1 aromatic heterocycles. The topological polar surface area (TPSA) is 98.2 Å². The Hall–Kier alpha value is -2.41. The van der Waals surface area contributed by atoms with Crippen molar-refractivity contribution in [2.75, 3.05) is 19.7 Å². The number of aliphatic hydroxyl groups excluding tert-OH is 1. The van der Waals surface area contributed by atoms with Gasteiger partial charge in [0.15, 0.2) is 11.8 Å². The fraction of sp³-hybridized carbons (Fsp3) is 0.571. The molecule has 4 N–H and O–H groups in total. The predicted octanol–water partition coefficient (Wildman–Crippen LogP) is 2.86. The van der Waals surface area contributed by atoms with Crippen molar-refractivity contribution in [2.24, 2.45) is 10.4 Å². The van der Waals surface area contributed by atoms with Crippen LogP contribution in [0.25, 0.3) is 11.4 Å². The molecule has 7 nitrogen and oxygen atoms in total. The van der Waals surface area contributed by atoms with E-state index in [0.29, 0.717) is 6.54 Å². The number of benzene rings is 1. The average Bonchev–Trinajstić information content (AvgIpc) is 3.26. The molecule has 0 spiro atoms. The van der Waals surface area contributed by atoms with Crippen LogP contribution in [-0.4, -0.2) is 45.9 Å². The predicted molar refractivity (Wildman–Crippen MR) is 112 cm³/mol. The molecule has 28 heavy (non-hydrogen) atoms. The van der Waals surface area contributed by atoms with Crippen LogP contribution >= 0.6 is 0 Å². The largest absolute Gasteiger partial charge is 0.396 e. The van der Waals surface area contributed by atoms with Gasteiger partial charge in [0.05, 0.1) is 6.54 Å². The van der Waals surface area contributed by atoms with Gasteiger partial charge in [-0.15, -0.1) is 0 Å². The lowest BCUT2D eigenvalue weighted by Crippen LogP contribution is -2.44. The van der Waals surface area contributed by atoms with E-state index >= 15 is 0 Å². The van der Waals surface area contributed by atoms with Crippen LogP contribution in [0.4, 0.5) is 0 Å². The second kappa shape index (κ2) is 10.2. The first-order chi connectivity index (χ1) is 13.7. The summed E-state index contributed by atoms with van der Waals surface area (Å²) in [5.74, 6) is 1.59. The minimum atomic E-state index is 0.190. The summed E-state index contributed by atoms with van der Waals surface area (Å²) < 4.78 is 0. The summed E-state index contributed by atoms with van der Waals surface area (Å²) in [6, 6.07) is 8.18. The SMILES string of the molecule is CCNC(=NCc1cccc(-c2ncn[nH]2)c1)NCC1(CCO)CCCCC1. The maximum Gasteiger partial charge on any atom is 0.191 e. The standard InChI is InChI=1S/C21H32N6O/c1-2-22-20(24-15-21(11-12-28)9-4-3-5-10-21)23-14-17-7-6-8-18(13-17)19-25-16-26-27-19/h6-8,13,16,28H,2-5,9-12,14-15H2,1H3,(H2,22,23,24)(H,25,26,27). The van der Waals surface area contributed by atoms with Gasteiger partial charge in [-0.3, -0.25) is 5.10 Å². The van der Waals surface area contributed by atoms with E-state index in [1.807, 2.05) is 12.1 Å². The van der Waals surface area contributed by atoms with E-state index in [-0.39, 0.29) is 12.0 Å². The zero-order valence-corrected chi connectivity index (χ0v) is 16.7. The summed E-state index contributed by atoms with van der Waals surface area (Å²) >= 11 is 0. The Morgan fingerprint density at radius 3 is 2.82 bits per heavy atom. The van der Waals surface area contributed by atoms with Gasteiger partial charge in [-0.1, -0.05) is 37.5 Å². The van der Waals surface area contributed by atoms with Crippen molar-refractivity contribution in [3.63, 3.8) is 0 Å². The highest BCUT2D eigenvalue weighted by Crippen LogP contribution is 2.38. The summed E-state index contributed by atoms with van der Waals surface area (Å²) in [5.41, 5.74) is 2.32. The van der Waals surface area contributed by atoms with Crippen molar-refractivity contribution in [3.8, 4) is 11.4 Å². The van der Waals surface area contributed by atoms with Crippen molar-refractivity contribution in [1.29, 1.82) is 0 Å². The molecule has 0 amide bonds. The zero-order chi connectivity index (χ0) is 19.7. The fourth-order valence-corrected chi connectivity index (χ4v) is 4.00. The zero-order valence-electron chi connectivity index (χ0n) is 16.7. The Kier molecular flexibility index (Phi) is 7.42. The van der Waals surface area contributed by atoms with Gasteiger partial charge in [-0.25, -0.2) is 9.98 Å². The molecule has 1 aromatic carbocycles. The van der Waals surface area contributed by atoms with Crippen molar-refractivity contribution in [2.45, 2.75) is 52.0 Å². The Balaban J connectivity index is 1.64. The third-order valence-electron chi connectivity index (χ3n) is 5.57. The number of hydrogen-bond donors (Lipinski definition) is 4. The van der Waals surface area contributed by atoms with E-state index < -0.39 is 0 Å². The molecule has 0 atom stereocenters. The first-order valence-electron chi connectivity index (χ1n) is 10.3. The highest BCUT2D eigenvalue weighted by Gasteiger charge is 2.31. The molecule has 3 rings (SSSR count). The van der Waals surface area contributed by atoms with Gasteiger partial charge in [-0.2, -0.15) is 5.10 Å². The monoisotopic (exact) mass is 384 g/mol. The van der Waals surface area contributed by atoms with Gasteiger partial charge >= 0.3 is 0 Å². The smallest absolute Gasteiger partial charge is 0.191 e. The van der Waals surface area contributed by atoms with E-state index in [1.54, 1.807) is 0 Å². The number of rotatable bonds is 8. The van der Waals surface area contributed by atoms with Crippen molar-refractivity contribution in [3.05, 3.63) is 36.2 Å². The fourth-order valence-electron chi connectivity index (χ4n) is 4.00. The van der Waals surface area contributed by atoms with Crippen LogP contribution in [0.2, 0.25) is 0 Å². The Labute approximate surface area is 167 Å². The summed E-state index contributed by atoms with van der Waals surface area (Å²) in [4.78, 5) is 8.98. The molecule has 1 heterocycles. The van der Waals surface area contributed by atoms with Crippen LogP contribution in [0.3, 0.4) is 0 Å². The molecule has 0 aliphatic heterocycles. The molecule has 1 saturated carbocycles. The molecule has 2 aromatic rings. The van der Waals surface area contributed by atoms with Gasteiger partial charge in [0.1, 0.15) is 6.33 Å². The molecule has 0 radical (unpaired) electrons. The van der Waals surface area contributed by atoms with Gasteiger partial charge in [0, 0.05) is 25.3 Å². The molecule has 7 heteroatoms. The Morgan fingerprint density at radius 1 is 1.25 bits per heavy atom. The van der Waals surface area contributed by atoms with E-state index in [4.69, 9.17) is 4.99 Å². The summed E-state index contributed by atoms with van der Waals surface area (Å²) in [6.45, 7) is 4.59. The van der Waals surface area contributed by atoms with Crippen LogP contribution in [0.15, 0.2) is 35.6 Å². The molecule has 1 aliphatic rings. The van der Waals surface area contributed by atoms with Gasteiger partial charge < -0.3 is 15.7 Å². The number of hydrogen-bond acceptors (Lipinski definition) is 4. The van der Waals surface area contributed by atoms with Crippen LogP contribution in [0, 0.1) is 5.41 Å². The highest BCUT2D eigenvalue weighted by molar-refractivity contribution is 5.79. The quantitative estimate of drug-likeness (QED) is 0.414. The molecular formula is C21H32N6O. The molecular weight excluding hydrogens is 352 g/mol. The minimum absolute atomic E-state index is 0.190. The maximum absolute atomic E-state index is 9.52. The van der Waals surface area contributed by atoms with E-state index in [1.165, 1.54) is 38.4 Å². The third-order valence-corrected chi connectivity index (χ3v) is 5.57. The van der Waals surface area contributed by atoms with Crippen molar-refractivity contribution < 1.29 is 5.11 Å². The number of guanidine groups is 1. The molecule has 0 unspecified atom stereocenters. The molecule has 1 aliphatic carbocycles. The highest BCUT2D eigenvalue weighted by atomic mass is 16.3. The van der Waals surface area contributed by atoms with Crippen molar-refractivity contribution in [1.82, 2.24) is 25.8 Å². The molecule has 0 saturated heterocycles. The number of aromatic nitrogens is 3. The normalized spacial score (nSPS) is 16.7. The number of aliphatic imine (C=N–C) groups is 1. The number of aromatic amines is 1. The third kappa shape index (κ3) is 5.55. The minimum Gasteiger partial charge on any atom is -0.396 e. The number of aliphatic hydroxyl groups is 1. The van der Waals surface area contributed by atoms with Crippen LogP contribution in [-0.2, 0) is 6.54 Å². The molecule has 1 fully saturated rings. The Bertz CT molecular complexity index is 732. The average molecular weight is 385 g/mol. The lowest BCUT2D eigenvalue weighted by molar-refractivity contribution is 0.131. The van der Waals surface area contributed by atoms with Gasteiger partial charge in [0.25, 0.3) is 0 Å². The maximum atomic E-state index is 9.52. The van der Waals surface area contributed by atoms with Gasteiger partial charge in [0.2, 0.25) is 0 Å². The molecule has 0 bridgehead atoms. The van der Waals surface area contributed by atoms with E-state index in [0.717, 1.165) is 42.4 Å². The van der Waals surface area contributed by atoms with Crippen LogP contribution in [0.5, 0.6) is 0 Å². The van der Waals surface area contributed by atoms with Crippen molar-refractivity contribution >= 4 is 5.96 Å². The Morgan fingerprint density at radius 2 is 2.11 bits per heavy atom. The lowest BCUT2D eigenvalue weighted by Gasteiger charge is -2.37. The van der Waals surface area contributed by atoms with Gasteiger partial charge in [-0.05, 0) is 43.2 Å². The van der Waals surface area contributed by atoms with E-state index in [2.05, 4.69) is 44.9 Å². The first kappa shape index (κ1) is 20.3. The van der Waals surface area contributed by atoms with Crippen LogP contribution in [0.1, 0.15) is 51.0 Å². The first-order valence-corrected chi connectivity index (χ1v) is 10.3. The summed E-state index contributed by atoms with van der Waals surface area (Å²) in [7, 11) is 0. The summed E-state index contributed by atoms with van der Waals surface area (Å²) in [5, 5.41) is 23.2. The second-order valence-electron chi connectivity index (χ2n) is 7.62.